The molecule has 1 atom stereocenters. The van der Waals surface area contributed by atoms with E-state index in [0.29, 0.717) is 12.3 Å². The molecular formula is C10H18O2. The summed E-state index contributed by atoms with van der Waals surface area (Å²) in [5.74, 6) is 0.243. The molecule has 0 aromatic carbocycles. The van der Waals surface area contributed by atoms with Crippen molar-refractivity contribution in [1.29, 1.82) is 0 Å². The van der Waals surface area contributed by atoms with Gasteiger partial charge < -0.3 is 5.11 Å². The van der Waals surface area contributed by atoms with Crippen LogP contribution in [0.1, 0.15) is 33.6 Å². The summed E-state index contributed by atoms with van der Waals surface area (Å²) in [7, 11) is 0. The van der Waals surface area contributed by atoms with Crippen LogP contribution in [-0.4, -0.2) is 16.5 Å². The van der Waals surface area contributed by atoms with Crippen LogP contribution in [0.4, 0.5) is 0 Å². The fourth-order valence-electron chi connectivity index (χ4n) is 0.783. The van der Waals surface area contributed by atoms with Gasteiger partial charge in [-0.15, -0.1) is 6.58 Å². The molecular weight excluding hydrogens is 152 g/mol. The fraction of sp³-hybridized carbons (Fsp3) is 0.700. The summed E-state index contributed by atoms with van der Waals surface area (Å²) in [4.78, 5) is 11.2. The lowest BCUT2D eigenvalue weighted by Crippen LogP contribution is -2.31. The summed E-state index contributed by atoms with van der Waals surface area (Å²) >= 11 is 0. The van der Waals surface area contributed by atoms with Gasteiger partial charge in [-0.1, -0.05) is 13.0 Å². The van der Waals surface area contributed by atoms with Gasteiger partial charge in [0, 0.05) is 6.42 Å². The van der Waals surface area contributed by atoms with Crippen molar-refractivity contribution in [2.24, 2.45) is 5.92 Å². The van der Waals surface area contributed by atoms with Crippen molar-refractivity contribution < 1.29 is 9.90 Å². The van der Waals surface area contributed by atoms with E-state index in [1.807, 2.05) is 13.0 Å². The molecule has 0 saturated carbocycles. The van der Waals surface area contributed by atoms with Gasteiger partial charge in [0.15, 0.2) is 5.78 Å². The van der Waals surface area contributed by atoms with E-state index in [0.717, 1.165) is 6.42 Å². The van der Waals surface area contributed by atoms with Gasteiger partial charge in [0.2, 0.25) is 0 Å². The summed E-state index contributed by atoms with van der Waals surface area (Å²) in [6.07, 6.45) is 3.01. The summed E-state index contributed by atoms with van der Waals surface area (Å²) in [6.45, 7) is 8.68. The third kappa shape index (κ3) is 4.29. The zero-order chi connectivity index (χ0) is 9.78. The molecule has 0 amide bonds. The van der Waals surface area contributed by atoms with Gasteiger partial charge >= 0.3 is 0 Å². The summed E-state index contributed by atoms with van der Waals surface area (Å²) < 4.78 is 0. The predicted molar refractivity (Wildman–Crippen MR) is 49.9 cm³/mol. The largest absolute Gasteiger partial charge is 0.383 e. The van der Waals surface area contributed by atoms with E-state index < -0.39 is 5.60 Å². The maximum atomic E-state index is 11.2. The molecule has 0 aliphatic carbocycles. The van der Waals surface area contributed by atoms with Gasteiger partial charge in [0.25, 0.3) is 0 Å². The van der Waals surface area contributed by atoms with Crippen molar-refractivity contribution in [1.82, 2.24) is 0 Å². The number of ketones is 1. The molecule has 0 heterocycles. The van der Waals surface area contributed by atoms with Gasteiger partial charge in [-0.2, -0.15) is 0 Å². The lowest BCUT2D eigenvalue weighted by atomic mass is 9.96. The van der Waals surface area contributed by atoms with Crippen LogP contribution in [0.15, 0.2) is 12.7 Å². The molecule has 0 aromatic heterocycles. The molecule has 0 rings (SSSR count). The standard InChI is InChI=1S/C10H18O2/c1-5-8(2)6-7-9(11)10(3,4)12/h5,8,12H,1,6-7H2,2-4H3. The highest BCUT2D eigenvalue weighted by atomic mass is 16.3. The van der Waals surface area contributed by atoms with E-state index in [1.165, 1.54) is 13.8 Å². The highest BCUT2D eigenvalue weighted by Gasteiger charge is 2.22. The maximum Gasteiger partial charge on any atom is 0.163 e. The second kappa shape index (κ2) is 4.41. The molecule has 0 bridgehead atoms. The van der Waals surface area contributed by atoms with Crippen molar-refractivity contribution in [3.8, 4) is 0 Å². The van der Waals surface area contributed by atoms with Crippen LogP contribution in [0.2, 0.25) is 0 Å². The molecule has 2 heteroatoms. The Hall–Kier alpha value is -0.630. The Morgan fingerprint density at radius 3 is 2.50 bits per heavy atom. The third-order valence-corrected chi connectivity index (χ3v) is 1.91. The van der Waals surface area contributed by atoms with Gasteiger partial charge in [-0.3, -0.25) is 4.79 Å². The van der Waals surface area contributed by atoms with Gasteiger partial charge in [0.1, 0.15) is 5.60 Å². The van der Waals surface area contributed by atoms with E-state index in [4.69, 9.17) is 0 Å². The van der Waals surface area contributed by atoms with Crippen LogP contribution in [0.25, 0.3) is 0 Å². The lowest BCUT2D eigenvalue weighted by molar-refractivity contribution is -0.134. The lowest BCUT2D eigenvalue weighted by Gasteiger charge is -2.15. The van der Waals surface area contributed by atoms with E-state index >= 15 is 0 Å². The minimum atomic E-state index is -1.18. The van der Waals surface area contributed by atoms with Crippen molar-refractivity contribution in [3.63, 3.8) is 0 Å². The minimum Gasteiger partial charge on any atom is -0.383 e. The maximum absolute atomic E-state index is 11.2. The molecule has 1 N–H and O–H groups in total. The van der Waals surface area contributed by atoms with Crippen LogP contribution < -0.4 is 0 Å². The number of rotatable bonds is 5. The zero-order valence-corrected chi connectivity index (χ0v) is 8.13. The van der Waals surface area contributed by atoms with Crippen LogP contribution in [0.5, 0.6) is 0 Å². The van der Waals surface area contributed by atoms with Crippen molar-refractivity contribution in [2.75, 3.05) is 0 Å². The zero-order valence-electron chi connectivity index (χ0n) is 8.13. The first kappa shape index (κ1) is 11.4. The van der Waals surface area contributed by atoms with Crippen molar-refractivity contribution in [2.45, 2.75) is 39.2 Å². The summed E-state index contributed by atoms with van der Waals surface area (Å²) in [5, 5.41) is 9.30. The Bertz CT molecular complexity index is 165. The number of Topliss-reactive ketones (excluding diaryl/α,β-unsaturated/α-hetero) is 1. The highest BCUT2D eigenvalue weighted by molar-refractivity contribution is 5.86. The van der Waals surface area contributed by atoms with Crippen LogP contribution >= 0.6 is 0 Å². The second-order valence-corrected chi connectivity index (χ2v) is 3.73. The minimum absolute atomic E-state index is 0.101. The molecule has 0 fully saturated rings. The molecule has 0 spiro atoms. The number of aliphatic hydroxyl groups is 1. The van der Waals surface area contributed by atoms with Gasteiger partial charge in [0.05, 0.1) is 0 Å². The smallest absolute Gasteiger partial charge is 0.163 e. The Labute approximate surface area is 74.3 Å². The molecule has 0 radical (unpaired) electrons. The van der Waals surface area contributed by atoms with E-state index in [2.05, 4.69) is 6.58 Å². The van der Waals surface area contributed by atoms with E-state index in [1.54, 1.807) is 0 Å². The Morgan fingerprint density at radius 2 is 2.17 bits per heavy atom. The normalized spacial score (nSPS) is 14.0. The molecule has 0 aliphatic rings. The SMILES string of the molecule is C=CC(C)CCC(=O)C(C)(C)O. The summed E-state index contributed by atoms with van der Waals surface area (Å²) in [6, 6.07) is 0. The first-order valence-corrected chi connectivity index (χ1v) is 4.26. The monoisotopic (exact) mass is 170 g/mol. The molecule has 12 heavy (non-hydrogen) atoms. The first-order chi connectivity index (χ1) is 5.38. The quantitative estimate of drug-likeness (QED) is 0.640. The van der Waals surface area contributed by atoms with E-state index in [-0.39, 0.29) is 5.78 Å². The number of carbonyl (C=O) groups is 1. The molecule has 0 aliphatic heterocycles. The van der Waals surface area contributed by atoms with E-state index in [9.17, 15) is 9.90 Å². The fourth-order valence-corrected chi connectivity index (χ4v) is 0.783. The average Bonchev–Trinajstić information content (AvgIpc) is 1.97. The van der Waals surface area contributed by atoms with Gasteiger partial charge in [-0.05, 0) is 26.2 Å². The molecule has 0 saturated heterocycles. The van der Waals surface area contributed by atoms with Crippen LogP contribution in [0, 0.1) is 5.92 Å². The van der Waals surface area contributed by atoms with Gasteiger partial charge in [-0.25, -0.2) is 0 Å². The number of allylic oxidation sites excluding steroid dienone is 1. The Kier molecular flexibility index (Phi) is 4.18. The molecule has 0 aromatic rings. The third-order valence-electron chi connectivity index (χ3n) is 1.91. The first-order valence-electron chi connectivity index (χ1n) is 4.26. The Morgan fingerprint density at radius 1 is 1.67 bits per heavy atom. The highest BCUT2D eigenvalue weighted by Crippen LogP contribution is 2.12. The number of carbonyl (C=O) groups excluding carboxylic acids is 1. The predicted octanol–water partition coefficient (Wildman–Crippen LogP) is 1.93. The van der Waals surface area contributed by atoms with Crippen molar-refractivity contribution >= 4 is 5.78 Å². The average molecular weight is 170 g/mol. The van der Waals surface area contributed by atoms with Crippen LogP contribution in [0.3, 0.4) is 0 Å². The molecule has 2 nitrogen and oxygen atoms in total. The summed E-state index contributed by atoms with van der Waals surface area (Å²) in [5.41, 5.74) is -1.18. The second-order valence-electron chi connectivity index (χ2n) is 3.73. The van der Waals surface area contributed by atoms with Crippen molar-refractivity contribution in [3.05, 3.63) is 12.7 Å². The number of hydrogen-bond donors (Lipinski definition) is 1. The molecule has 1 unspecified atom stereocenters. The number of hydrogen-bond acceptors (Lipinski definition) is 2. The van der Waals surface area contributed by atoms with Crippen LogP contribution in [-0.2, 0) is 4.79 Å². The topological polar surface area (TPSA) is 37.3 Å². The molecule has 70 valence electrons. The Balaban J connectivity index is 3.80.